The summed E-state index contributed by atoms with van der Waals surface area (Å²) in [7, 11) is 1.12. The van der Waals surface area contributed by atoms with E-state index in [1.165, 1.54) is 12.1 Å². The van der Waals surface area contributed by atoms with Crippen molar-refractivity contribution in [2.24, 2.45) is 0 Å². The van der Waals surface area contributed by atoms with Crippen LogP contribution in [0.25, 0.3) is 0 Å². The molecule has 1 aromatic carbocycles. The quantitative estimate of drug-likeness (QED) is 0.644. The van der Waals surface area contributed by atoms with Crippen molar-refractivity contribution in [3.05, 3.63) is 29.3 Å². The van der Waals surface area contributed by atoms with E-state index in [2.05, 4.69) is 4.74 Å². The Morgan fingerprint density at radius 3 is 2.56 bits per heavy atom. The van der Waals surface area contributed by atoms with Gasteiger partial charge in [-0.05, 0) is 30.2 Å². The number of hydrogen-bond donors (Lipinski definition) is 3. The average molecular weight is 226 g/mol. The fraction of sp³-hybridized carbons (Fsp3) is 0.364. The van der Waals surface area contributed by atoms with Gasteiger partial charge in [0.05, 0.1) is 7.11 Å². The zero-order chi connectivity index (χ0) is 12.3. The molecule has 0 aromatic heterocycles. The number of esters is 1. The van der Waals surface area contributed by atoms with E-state index in [-0.39, 0.29) is 11.3 Å². The second kappa shape index (κ2) is 4.96. The number of aliphatic hydroxyl groups excluding tert-OH is 2. The third-order valence-corrected chi connectivity index (χ3v) is 2.32. The van der Waals surface area contributed by atoms with E-state index in [1.807, 2.05) is 0 Å². The van der Waals surface area contributed by atoms with Crippen LogP contribution >= 0.6 is 0 Å². The highest BCUT2D eigenvalue weighted by molar-refractivity contribution is 5.75. The molecule has 3 N–H and O–H groups in total. The number of carbonyl (C=O) groups excluding carboxylic acids is 1. The zero-order valence-corrected chi connectivity index (χ0v) is 9.04. The Balaban J connectivity index is 2.99. The summed E-state index contributed by atoms with van der Waals surface area (Å²) in [6, 6.07) is 4.33. The van der Waals surface area contributed by atoms with E-state index < -0.39 is 18.2 Å². The number of carbonyl (C=O) groups is 1. The topological polar surface area (TPSA) is 87.0 Å². The van der Waals surface area contributed by atoms with Crippen LogP contribution in [0.3, 0.4) is 0 Å². The van der Waals surface area contributed by atoms with Gasteiger partial charge in [0.15, 0.2) is 6.10 Å². The molecule has 2 atom stereocenters. The Kier molecular flexibility index (Phi) is 3.87. The van der Waals surface area contributed by atoms with Crippen molar-refractivity contribution in [1.29, 1.82) is 0 Å². The lowest BCUT2D eigenvalue weighted by Crippen LogP contribution is -2.29. The molecular weight excluding hydrogens is 212 g/mol. The number of aryl methyl sites for hydroxylation is 1. The summed E-state index contributed by atoms with van der Waals surface area (Å²) in [5.41, 5.74) is 0.950. The molecule has 1 rings (SSSR count). The molecule has 0 saturated carbocycles. The van der Waals surface area contributed by atoms with Crippen LogP contribution in [-0.2, 0) is 9.53 Å². The molecule has 0 fully saturated rings. The number of benzene rings is 1. The molecule has 0 heterocycles. The monoisotopic (exact) mass is 226 g/mol. The lowest BCUT2D eigenvalue weighted by molar-refractivity contribution is -0.156. The van der Waals surface area contributed by atoms with Crippen molar-refractivity contribution in [3.8, 4) is 5.75 Å². The molecule has 0 amide bonds. The van der Waals surface area contributed by atoms with E-state index in [0.717, 1.165) is 7.11 Å². The lowest BCUT2D eigenvalue weighted by Gasteiger charge is -2.18. The van der Waals surface area contributed by atoms with Crippen molar-refractivity contribution in [2.75, 3.05) is 7.11 Å². The van der Waals surface area contributed by atoms with Crippen LogP contribution in [0.5, 0.6) is 5.75 Å². The van der Waals surface area contributed by atoms with E-state index in [0.29, 0.717) is 5.56 Å². The molecule has 5 nitrogen and oxygen atoms in total. The molecule has 0 aliphatic heterocycles. The molecule has 5 heteroatoms. The van der Waals surface area contributed by atoms with Gasteiger partial charge < -0.3 is 20.1 Å². The molecule has 2 unspecified atom stereocenters. The van der Waals surface area contributed by atoms with Gasteiger partial charge in [-0.15, -0.1) is 0 Å². The predicted molar refractivity (Wildman–Crippen MR) is 55.8 cm³/mol. The van der Waals surface area contributed by atoms with Crippen molar-refractivity contribution in [2.45, 2.75) is 19.1 Å². The molecule has 0 saturated heterocycles. The summed E-state index contributed by atoms with van der Waals surface area (Å²) in [6.45, 7) is 1.70. The van der Waals surface area contributed by atoms with Gasteiger partial charge in [-0.3, -0.25) is 0 Å². The van der Waals surface area contributed by atoms with E-state index in [4.69, 9.17) is 0 Å². The van der Waals surface area contributed by atoms with Gasteiger partial charge in [-0.1, -0.05) is 6.07 Å². The first kappa shape index (κ1) is 12.5. The van der Waals surface area contributed by atoms with Crippen LogP contribution in [0.15, 0.2) is 18.2 Å². The SMILES string of the molecule is COC(=O)C(O)C(O)c1cc(O)ccc1C. The minimum atomic E-state index is -1.66. The van der Waals surface area contributed by atoms with Crippen molar-refractivity contribution >= 4 is 5.97 Å². The first-order valence-corrected chi connectivity index (χ1v) is 4.71. The minimum Gasteiger partial charge on any atom is -0.508 e. The van der Waals surface area contributed by atoms with Crippen LogP contribution in [-0.4, -0.2) is 34.5 Å². The average Bonchev–Trinajstić information content (AvgIpc) is 2.29. The highest BCUT2D eigenvalue weighted by Gasteiger charge is 2.27. The maximum Gasteiger partial charge on any atom is 0.337 e. The number of hydrogen-bond acceptors (Lipinski definition) is 5. The molecule has 1 aromatic rings. The Morgan fingerprint density at radius 2 is 2.00 bits per heavy atom. The lowest BCUT2D eigenvalue weighted by atomic mass is 9.99. The van der Waals surface area contributed by atoms with Gasteiger partial charge in [0.25, 0.3) is 0 Å². The number of methoxy groups -OCH3 is 1. The van der Waals surface area contributed by atoms with E-state index in [1.54, 1.807) is 13.0 Å². The predicted octanol–water partition coefficient (Wildman–Crippen LogP) is 0.268. The number of phenolic OH excluding ortho intramolecular Hbond substituents is 1. The summed E-state index contributed by atoms with van der Waals surface area (Å²) in [6.07, 6.45) is -3.08. The summed E-state index contributed by atoms with van der Waals surface area (Å²) in [5, 5.41) is 28.4. The van der Waals surface area contributed by atoms with Crippen LogP contribution in [0.4, 0.5) is 0 Å². The van der Waals surface area contributed by atoms with Crippen molar-refractivity contribution in [1.82, 2.24) is 0 Å². The van der Waals surface area contributed by atoms with E-state index in [9.17, 15) is 20.1 Å². The number of ether oxygens (including phenoxy) is 1. The molecular formula is C11H14O5. The Bertz CT molecular complexity index is 388. The number of rotatable bonds is 3. The fourth-order valence-corrected chi connectivity index (χ4v) is 1.37. The summed E-state index contributed by atoms with van der Waals surface area (Å²) >= 11 is 0. The van der Waals surface area contributed by atoms with E-state index >= 15 is 0 Å². The Hall–Kier alpha value is -1.59. The molecule has 0 spiro atoms. The van der Waals surface area contributed by atoms with Crippen LogP contribution in [0.2, 0.25) is 0 Å². The summed E-state index contributed by atoms with van der Waals surface area (Å²) in [5.74, 6) is -0.966. The maximum atomic E-state index is 11.0. The largest absolute Gasteiger partial charge is 0.508 e. The minimum absolute atomic E-state index is 0.0447. The highest BCUT2D eigenvalue weighted by atomic mass is 16.5. The first-order valence-electron chi connectivity index (χ1n) is 4.71. The van der Waals surface area contributed by atoms with Gasteiger partial charge in [0.1, 0.15) is 11.9 Å². The van der Waals surface area contributed by atoms with Gasteiger partial charge in [0.2, 0.25) is 0 Å². The molecule has 0 aliphatic rings. The van der Waals surface area contributed by atoms with Crippen LogP contribution in [0.1, 0.15) is 17.2 Å². The fourth-order valence-electron chi connectivity index (χ4n) is 1.37. The highest BCUT2D eigenvalue weighted by Crippen LogP contribution is 2.25. The smallest absolute Gasteiger partial charge is 0.337 e. The van der Waals surface area contributed by atoms with Crippen LogP contribution in [0, 0.1) is 6.92 Å². The van der Waals surface area contributed by atoms with Crippen LogP contribution < -0.4 is 0 Å². The molecule has 88 valence electrons. The third kappa shape index (κ3) is 2.50. The molecule has 0 bridgehead atoms. The zero-order valence-electron chi connectivity index (χ0n) is 9.04. The summed E-state index contributed by atoms with van der Waals surface area (Å²) < 4.78 is 4.31. The van der Waals surface area contributed by atoms with Crippen molar-refractivity contribution in [3.63, 3.8) is 0 Å². The maximum absolute atomic E-state index is 11.0. The second-order valence-corrected chi connectivity index (χ2v) is 3.45. The molecule has 16 heavy (non-hydrogen) atoms. The third-order valence-electron chi connectivity index (χ3n) is 2.32. The Morgan fingerprint density at radius 1 is 1.38 bits per heavy atom. The van der Waals surface area contributed by atoms with Gasteiger partial charge >= 0.3 is 5.97 Å². The number of phenols is 1. The Labute approximate surface area is 92.9 Å². The number of aliphatic hydroxyl groups is 2. The molecule has 0 aliphatic carbocycles. The van der Waals surface area contributed by atoms with Gasteiger partial charge in [-0.2, -0.15) is 0 Å². The van der Waals surface area contributed by atoms with Gasteiger partial charge in [0, 0.05) is 0 Å². The summed E-state index contributed by atoms with van der Waals surface area (Å²) in [4.78, 5) is 11.0. The van der Waals surface area contributed by atoms with Crippen molar-refractivity contribution < 1.29 is 24.9 Å². The normalized spacial score (nSPS) is 14.2. The number of aromatic hydroxyl groups is 1. The van der Waals surface area contributed by atoms with Gasteiger partial charge in [-0.25, -0.2) is 4.79 Å². The first-order chi connectivity index (χ1) is 7.47. The standard InChI is InChI=1S/C11H14O5/c1-6-3-4-7(12)5-8(6)9(13)10(14)11(15)16-2/h3-5,9-10,12-14H,1-2H3. The molecule has 0 radical (unpaired) electrons. The second-order valence-electron chi connectivity index (χ2n) is 3.45.